The van der Waals surface area contributed by atoms with Gasteiger partial charge in [0, 0.05) is 13.6 Å². The van der Waals surface area contributed by atoms with Crippen molar-refractivity contribution in [2.75, 3.05) is 12.4 Å². The maximum absolute atomic E-state index is 6.90. The van der Waals surface area contributed by atoms with Gasteiger partial charge in [0.15, 0.2) is 0 Å². The molecule has 1 rings (SSSR count). The minimum atomic E-state index is 0.479. The zero-order chi connectivity index (χ0) is 8.97. The lowest BCUT2D eigenvalue weighted by molar-refractivity contribution is 1.06. The molecule has 0 aliphatic rings. The molecule has 1 aromatic carbocycles. The molecule has 0 unspecified atom stereocenters. The lowest BCUT2D eigenvalue weighted by atomic mass is 10.2. The highest BCUT2D eigenvalue weighted by molar-refractivity contribution is 5.65. The molecule has 0 radical (unpaired) electrons. The van der Waals surface area contributed by atoms with E-state index < -0.39 is 0 Å². The van der Waals surface area contributed by atoms with Crippen molar-refractivity contribution in [3.63, 3.8) is 0 Å². The molecule has 0 fully saturated rings. The van der Waals surface area contributed by atoms with Crippen LogP contribution < -0.4 is 11.1 Å². The third-order valence-corrected chi connectivity index (χ3v) is 1.69. The number of nitrogens with one attached hydrogen (secondary N) is 2. The Bertz CT molecular complexity index is 282. The quantitative estimate of drug-likeness (QED) is 0.596. The number of hydrogen-bond donors (Lipinski definition) is 3. The molecule has 0 aromatic heterocycles. The van der Waals surface area contributed by atoms with E-state index in [1.165, 1.54) is 0 Å². The van der Waals surface area contributed by atoms with Crippen LogP contribution in [0, 0.1) is 5.53 Å². The van der Waals surface area contributed by atoms with Gasteiger partial charge in [-0.1, -0.05) is 6.07 Å². The van der Waals surface area contributed by atoms with Crippen molar-refractivity contribution in [1.82, 2.24) is 0 Å². The van der Waals surface area contributed by atoms with Crippen molar-refractivity contribution in [2.45, 2.75) is 6.54 Å². The molecule has 4 N–H and O–H groups in total. The Morgan fingerprint density at radius 2 is 2.33 bits per heavy atom. The smallest absolute Gasteiger partial charge is 0.108 e. The zero-order valence-electron chi connectivity index (χ0n) is 6.96. The van der Waals surface area contributed by atoms with Crippen molar-refractivity contribution >= 4 is 11.4 Å². The minimum absolute atomic E-state index is 0.479. The third kappa shape index (κ3) is 1.60. The van der Waals surface area contributed by atoms with Gasteiger partial charge in [0.2, 0.25) is 0 Å². The molecule has 4 nitrogen and oxygen atoms in total. The lowest BCUT2D eigenvalue weighted by Gasteiger charge is -2.04. The first kappa shape index (κ1) is 8.67. The molecule has 1 aromatic rings. The summed E-state index contributed by atoms with van der Waals surface area (Å²) in [7, 11) is 1.80. The molecule has 0 aliphatic heterocycles. The lowest BCUT2D eigenvalue weighted by Crippen LogP contribution is -1.96. The highest BCUT2D eigenvalue weighted by atomic mass is 15.0. The molecule has 0 heterocycles. The molecule has 0 spiro atoms. The van der Waals surface area contributed by atoms with E-state index in [0.29, 0.717) is 12.2 Å². The average Bonchev–Trinajstić information content (AvgIpc) is 2.16. The van der Waals surface area contributed by atoms with Gasteiger partial charge in [0.05, 0.1) is 5.69 Å². The first-order valence-electron chi connectivity index (χ1n) is 3.70. The Balaban J connectivity index is 3.10. The van der Waals surface area contributed by atoms with Crippen molar-refractivity contribution in [3.8, 4) is 0 Å². The van der Waals surface area contributed by atoms with Gasteiger partial charge in [-0.15, -0.1) is 0 Å². The first-order chi connectivity index (χ1) is 5.81. The fourth-order valence-corrected chi connectivity index (χ4v) is 1.01. The van der Waals surface area contributed by atoms with Gasteiger partial charge in [0.25, 0.3) is 0 Å². The van der Waals surface area contributed by atoms with E-state index in [4.69, 9.17) is 11.3 Å². The Labute approximate surface area is 71.3 Å². The summed E-state index contributed by atoms with van der Waals surface area (Å²) >= 11 is 0. The van der Waals surface area contributed by atoms with Crippen LogP contribution >= 0.6 is 0 Å². The number of anilines is 1. The van der Waals surface area contributed by atoms with Crippen LogP contribution in [-0.2, 0) is 6.54 Å². The fraction of sp³-hybridized carbons (Fsp3) is 0.250. The van der Waals surface area contributed by atoms with Gasteiger partial charge < -0.3 is 11.1 Å². The summed E-state index contributed by atoms with van der Waals surface area (Å²) in [6, 6.07) is 5.59. The Morgan fingerprint density at radius 1 is 1.58 bits per heavy atom. The van der Waals surface area contributed by atoms with E-state index >= 15 is 0 Å². The summed E-state index contributed by atoms with van der Waals surface area (Å²) in [6.07, 6.45) is 0. The van der Waals surface area contributed by atoms with Gasteiger partial charge in [-0.05, 0) is 17.7 Å². The normalized spacial score (nSPS) is 9.50. The van der Waals surface area contributed by atoms with Gasteiger partial charge in [0.1, 0.15) is 5.69 Å². The summed E-state index contributed by atoms with van der Waals surface area (Å²) in [5, 5.41) is 6.33. The standard InChI is InChI=1S/C8H12N4/c1-11-7-3-2-6(5-9)4-8(7)12-10/h2-4,10-11H,5,9H2,1H3. The molecule has 64 valence electrons. The van der Waals surface area contributed by atoms with Crippen LogP contribution in [0.15, 0.2) is 23.3 Å². The van der Waals surface area contributed by atoms with Crippen LogP contribution in [0.5, 0.6) is 0 Å². The molecule has 4 heteroatoms. The summed E-state index contributed by atoms with van der Waals surface area (Å²) in [5.74, 6) is 0. The van der Waals surface area contributed by atoms with Crippen molar-refractivity contribution in [2.24, 2.45) is 10.8 Å². The van der Waals surface area contributed by atoms with Crippen LogP contribution in [0.4, 0.5) is 11.4 Å². The molecule has 0 bridgehead atoms. The molecule has 0 atom stereocenters. The van der Waals surface area contributed by atoms with Crippen molar-refractivity contribution in [1.29, 1.82) is 5.53 Å². The zero-order valence-corrected chi connectivity index (χ0v) is 6.96. The number of hydrogen-bond acceptors (Lipinski definition) is 4. The second-order valence-electron chi connectivity index (χ2n) is 2.42. The molecule has 0 saturated heterocycles. The van der Waals surface area contributed by atoms with Crippen LogP contribution in [0.2, 0.25) is 0 Å². The molecular formula is C8H12N4. The van der Waals surface area contributed by atoms with E-state index in [1.54, 1.807) is 13.1 Å². The summed E-state index contributed by atoms with van der Waals surface area (Å²) in [4.78, 5) is 0. The summed E-state index contributed by atoms with van der Waals surface area (Å²) < 4.78 is 0. The maximum Gasteiger partial charge on any atom is 0.108 e. The van der Waals surface area contributed by atoms with Crippen LogP contribution in [-0.4, -0.2) is 7.05 Å². The average molecular weight is 164 g/mol. The Morgan fingerprint density at radius 3 is 2.83 bits per heavy atom. The summed E-state index contributed by atoms with van der Waals surface area (Å²) in [5.41, 5.74) is 14.8. The van der Waals surface area contributed by atoms with Crippen LogP contribution in [0.25, 0.3) is 0 Å². The van der Waals surface area contributed by atoms with E-state index in [-0.39, 0.29) is 0 Å². The fourth-order valence-electron chi connectivity index (χ4n) is 1.01. The number of rotatable bonds is 3. The van der Waals surface area contributed by atoms with E-state index in [1.807, 2.05) is 12.1 Å². The van der Waals surface area contributed by atoms with Gasteiger partial charge >= 0.3 is 0 Å². The second kappa shape index (κ2) is 3.82. The number of benzene rings is 1. The monoisotopic (exact) mass is 164 g/mol. The maximum atomic E-state index is 6.90. The predicted molar refractivity (Wildman–Crippen MR) is 48.7 cm³/mol. The molecule has 12 heavy (non-hydrogen) atoms. The SMILES string of the molecule is CNc1ccc(CN)cc1N=N. The Kier molecular flexibility index (Phi) is 2.76. The van der Waals surface area contributed by atoms with Crippen molar-refractivity contribution < 1.29 is 0 Å². The highest BCUT2D eigenvalue weighted by Crippen LogP contribution is 2.25. The molecule has 0 amide bonds. The first-order valence-corrected chi connectivity index (χ1v) is 3.70. The van der Waals surface area contributed by atoms with Crippen LogP contribution in [0.1, 0.15) is 5.56 Å². The second-order valence-corrected chi connectivity index (χ2v) is 2.42. The largest absolute Gasteiger partial charge is 0.386 e. The van der Waals surface area contributed by atoms with E-state index in [0.717, 1.165) is 11.3 Å². The third-order valence-electron chi connectivity index (χ3n) is 1.69. The van der Waals surface area contributed by atoms with Crippen LogP contribution in [0.3, 0.4) is 0 Å². The number of nitrogens with two attached hydrogens (primary N) is 1. The number of nitrogens with zero attached hydrogens (tertiary/aromatic N) is 1. The molecular weight excluding hydrogens is 152 g/mol. The van der Waals surface area contributed by atoms with Crippen molar-refractivity contribution in [3.05, 3.63) is 23.8 Å². The van der Waals surface area contributed by atoms with Gasteiger partial charge in [-0.2, -0.15) is 5.11 Å². The van der Waals surface area contributed by atoms with Gasteiger partial charge in [-0.3, -0.25) is 0 Å². The highest BCUT2D eigenvalue weighted by Gasteiger charge is 1.99. The van der Waals surface area contributed by atoms with E-state index in [2.05, 4.69) is 10.4 Å². The molecule has 0 aliphatic carbocycles. The summed E-state index contributed by atoms with van der Waals surface area (Å²) in [6.45, 7) is 0.479. The Hall–Kier alpha value is -1.42. The van der Waals surface area contributed by atoms with Gasteiger partial charge in [-0.25, -0.2) is 5.53 Å². The van der Waals surface area contributed by atoms with E-state index in [9.17, 15) is 0 Å². The minimum Gasteiger partial charge on any atom is -0.386 e. The predicted octanol–water partition coefficient (Wildman–Crippen LogP) is 1.85. The molecule has 0 saturated carbocycles. The topological polar surface area (TPSA) is 74.3 Å².